The molecule has 1 aromatic carbocycles. The number of hydrogen-bond acceptors (Lipinski definition) is 3. The third-order valence-electron chi connectivity index (χ3n) is 3.36. The summed E-state index contributed by atoms with van der Waals surface area (Å²) in [6.07, 6.45) is 6.72. The minimum atomic E-state index is -0.357. The second kappa shape index (κ2) is 6.09. The zero-order valence-corrected chi connectivity index (χ0v) is 11.4. The Kier molecular flexibility index (Phi) is 3.83. The molecule has 0 fully saturated rings. The molecule has 0 radical (unpaired) electrons. The minimum absolute atomic E-state index is 0.0299. The van der Waals surface area contributed by atoms with Crippen LogP contribution in [0.1, 0.15) is 27.4 Å². The quantitative estimate of drug-likeness (QED) is 0.684. The van der Waals surface area contributed by atoms with E-state index in [4.69, 9.17) is 0 Å². The molecule has 0 saturated carbocycles. The third kappa shape index (κ3) is 2.87. The number of pyridine rings is 2. The number of carbonyl (C=O) groups excluding carboxylic acids is 1. The SMILES string of the molecule is O=C(c1cccnc1)[C@H](c1ccccc1)c1cccnc1. The van der Waals surface area contributed by atoms with E-state index in [9.17, 15) is 4.79 Å². The molecular weight excluding hydrogens is 260 g/mol. The fraction of sp³-hybridized carbons (Fsp3) is 0.0556. The number of hydrogen-bond donors (Lipinski definition) is 0. The van der Waals surface area contributed by atoms with Gasteiger partial charge in [0.15, 0.2) is 5.78 Å². The summed E-state index contributed by atoms with van der Waals surface area (Å²) in [6.45, 7) is 0. The Bertz CT molecular complexity index is 672. The lowest BCUT2D eigenvalue weighted by Crippen LogP contribution is -2.14. The molecule has 2 heterocycles. The Morgan fingerprint density at radius 2 is 1.43 bits per heavy atom. The first-order valence-electron chi connectivity index (χ1n) is 6.75. The highest BCUT2D eigenvalue weighted by molar-refractivity contribution is 6.02. The summed E-state index contributed by atoms with van der Waals surface area (Å²) in [5.74, 6) is -0.327. The summed E-state index contributed by atoms with van der Waals surface area (Å²) in [5.41, 5.74) is 2.45. The van der Waals surface area contributed by atoms with Gasteiger partial charge in [-0.15, -0.1) is 0 Å². The smallest absolute Gasteiger partial charge is 0.176 e. The van der Waals surface area contributed by atoms with Crippen molar-refractivity contribution in [2.75, 3.05) is 0 Å². The van der Waals surface area contributed by atoms with Gasteiger partial charge in [0.1, 0.15) is 0 Å². The van der Waals surface area contributed by atoms with E-state index < -0.39 is 0 Å². The van der Waals surface area contributed by atoms with Crippen molar-refractivity contribution in [3.8, 4) is 0 Å². The molecule has 0 aliphatic heterocycles. The number of aromatic nitrogens is 2. The normalized spacial score (nSPS) is 11.8. The fourth-order valence-corrected chi connectivity index (χ4v) is 2.36. The summed E-state index contributed by atoms with van der Waals surface area (Å²) >= 11 is 0. The van der Waals surface area contributed by atoms with E-state index in [2.05, 4.69) is 9.97 Å². The number of Topliss-reactive ketones (excluding diaryl/α,β-unsaturated/α-hetero) is 1. The van der Waals surface area contributed by atoms with Crippen molar-refractivity contribution >= 4 is 5.78 Å². The Hall–Kier alpha value is -2.81. The molecule has 0 saturated heterocycles. The maximum absolute atomic E-state index is 12.9. The van der Waals surface area contributed by atoms with Crippen LogP contribution in [0.15, 0.2) is 79.4 Å². The Morgan fingerprint density at radius 3 is 2.05 bits per heavy atom. The molecule has 0 aliphatic rings. The van der Waals surface area contributed by atoms with Gasteiger partial charge in [-0.05, 0) is 29.3 Å². The number of nitrogens with zero attached hydrogens (tertiary/aromatic N) is 2. The van der Waals surface area contributed by atoms with E-state index in [1.165, 1.54) is 0 Å². The van der Waals surface area contributed by atoms with Crippen molar-refractivity contribution in [3.63, 3.8) is 0 Å². The van der Waals surface area contributed by atoms with Crippen LogP contribution < -0.4 is 0 Å². The molecule has 0 N–H and O–H groups in total. The summed E-state index contributed by atoms with van der Waals surface area (Å²) in [6, 6.07) is 17.1. The maximum atomic E-state index is 12.9. The van der Waals surface area contributed by atoms with E-state index >= 15 is 0 Å². The summed E-state index contributed by atoms with van der Waals surface area (Å²) < 4.78 is 0. The lowest BCUT2D eigenvalue weighted by atomic mass is 9.86. The van der Waals surface area contributed by atoms with Crippen LogP contribution in [-0.2, 0) is 0 Å². The van der Waals surface area contributed by atoms with Crippen LogP contribution in [0.2, 0.25) is 0 Å². The predicted molar refractivity (Wildman–Crippen MR) is 81.1 cm³/mol. The topological polar surface area (TPSA) is 42.9 Å². The second-order valence-electron chi connectivity index (χ2n) is 4.74. The van der Waals surface area contributed by atoms with Crippen LogP contribution in [0.4, 0.5) is 0 Å². The molecule has 0 spiro atoms. The number of rotatable bonds is 4. The van der Waals surface area contributed by atoms with Crippen molar-refractivity contribution in [2.24, 2.45) is 0 Å². The van der Waals surface area contributed by atoms with Crippen LogP contribution in [-0.4, -0.2) is 15.8 Å². The van der Waals surface area contributed by atoms with Gasteiger partial charge in [-0.25, -0.2) is 0 Å². The molecular formula is C18H14N2O. The maximum Gasteiger partial charge on any atom is 0.176 e. The van der Waals surface area contributed by atoms with Crippen LogP contribution in [0.5, 0.6) is 0 Å². The largest absolute Gasteiger partial charge is 0.293 e. The summed E-state index contributed by atoms with van der Waals surface area (Å²) in [7, 11) is 0. The molecule has 3 aromatic rings. The lowest BCUT2D eigenvalue weighted by Gasteiger charge is -2.16. The zero-order valence-electron chi connectivity index (χ0n) is 11.4. The number of benzene rings is 1. The molecule has 0 unspecified atom stereocenters. The molecule has 0 aliphatic carbocycles. The van der Waals surface area contributed by atoms with Gasteiger partial charge in [0, 0.05) is 30.4 Å². The van der Waals surface area contributed by atoms with Gasteiger partial charge < -0.3 is 0 Å². The van der Waals surface area contributed by atoms with Gasteiger partial charge in [0.2, 0.25) is 0 Å². The highest BCUT2D eigenvalue weighted by Crippen LogP contribution is 2.27. The average molecular weight is 274 g/mol. The molecule has 0 bridgehead atoms. The van der Waals surface area contributed by atoms with E-state index in [1.807, 2.05) is 42.5 Å². The van der Waals surface area contributed by atoms with E-state index in [1.54, 1.807) is 36.9 Å². The molecule has 0 amide bonds. The standard InChI is InChI=1S/C18H14N2O/c21-18(16-9-5-11-20-13-16)17(14-6-2-1-3-7-14)15-8-4-10-19-12-15/h1-13,17H/t17-/m1/s1. The molecule has 2 aromatic heterocycles. The van der Waals surface area contributed by atoms with Gasteiger partial charge >= 0.3 is 0 Å². The molecule has 3 heteroatoms. The Morgan fingerprint density at radius 1 is 0.762 bits per heavy atom. The Labute approximate surface area is 123 Å². The monoisotopic (exact) mass is 274 g/mol. The van der Waals surface area contributed by atoms with Crippen LogP contribution in [0.3, 0.4) is 0 Å². The third-order valence-corrected chi connectivity index (χ3v) is 3.36. The lowest BCUT2D eigenvalue weighted by molar-refractivity contribution is 0.0973. The van der Waals surface area contributed by atoms with E-state index in [-0.39, 0.29) is 11.7 Å². The fourth-order valence-electron chi connectivity index (χ4n) is 2.36. The second-order valence-corrected chi connectivity index (χ2v) is 4.74. The van der Waals surface area contributed by atoms with E-state index in [0.29, 0.717) is 5.56 Å². The minimum Gasteiger partial charge on any atom is -0.293 e. The predicted octanol–water partition coefficient (Wildman–Crippen LogP) is 3.49. The van der Waals surface area contributed by atoms with Gasteiger partial charge in [-0.2, -0.15) is 0 Å². The zero-order chi connectivity index (χ0) is 14.5. The Balaban J connectivity index is 2.07. The van der Waals surface area contributed by atoms with Crippen molar-refractivity contribution in [1.82, 2.24) is 9.97 Å². The number of carbonyl (C=O) groups is 1. The average Bonchev–Trinajstić information content (AvgIpc) is 2.58. The highest BCUT2D eigenvalue weighted by Gasteiger charge is 2.24. The number of ketones is 1. The molecule has 1 atom stereocenters. The van der Waals surface area contributed by atoms with Crippen LogP contribution in [0.25, 0.3) is 0 Å². The van der Waals surface area contributed by atoms with Crippen molar-refractivity contribution < 1.29 is 4.79 Å². The van der Waals surface area contributed by atoms with E-state index in [0.717, 1.165) is 11.1 Å². The van der Waals surface area contributed by atoms with Crippen LogP contribution in [0, 0.1) is 0 Å². The van der Waals surface area contributed by atoms with Crippen molar-refractivity contribution in [3.05, 3.63) is 96.1 Å². The van der Waals surface area contributed by atoms with Crippen LogP contribution >= 0.6 is 0 Å². The van der Waals surface area contributed by atoms with Gasteiger partial charge in [0.05, 0.1) is 5.92 Å². The summed E-state index contributed by atoms with van der Waals surface area (Å²) in [4.78, 5) is 21.1. The van der Waals surface area contributed by atoms with Gasteiger partial charge in [-0.1, -0.05) is 36.4 Å². The van der Waals surface area contributed by atoms with Gasteiger partial charge in [-0.3, -0.25) is 14.8 Å². The molecule has 3 rings (SSSR count). The first kappa shape index (κ1) is 13.2. The molecule has 3 nitrogen and oxygen atoms in total. The highest BCUT2D eigenvalue weighted by atomic mass is 16.1. The van der Waals surface area contributed by atoms with Gasteiger partial charge in [0.25, 0.3) is 0 Å². The summed E-state index contributed by atoms with van der Waals surface area (Å²) in [5, 5.41) is 0. The molecule has 102 valence electrons. The first-order chi connectivity index (χ1) is 10.4. The van der Waals surface area contributed by atoms with Crippen molar-refractivity contribution in [1.29, 1.82) is 0 Å². The van der Waals surface area contributed by atoms with Crippen molar-refractivity contribution in [2.45, 2.75) is 5.92 Å². The molecule has 21 heavy (non-hydrogen) atoms. The first-order valence-corrected chi connectivity index (χ1v) is 6.75.